The van der Waals surface area contributed by atoms with Crippen LogP contribution in [0.3, 0.4) is 0 Å². The van der Waals surface area contributed by atoms with E-state index in [0.29, 0.717) is 32.3 Å². The van der Waals surface area contributed by atoms with Crippen molar-refractivity contribution in [3.8, 4) is 5.75 Å². The Bertz CT molecular complexity index is 1290. The summed E-state index contributed by atoms with van der Waals surface area (Å²) in [6.45, 7) is 5.14. The summed E-state index contributed by atoms with van der Waals surface area (Å²) in [6, 6.07) is 29.1. The van der Waals surface area contributed by atoms with Crippen molar-refractivity contribution in [2.45, 2.75) is 83.9 Å². The normalized spacial score (nSPS) is 12.3. The Hall–Kier alpha value is -3.86. The van der Waals surface area contributed by atoms with E-state index in [1.807, 2.05) is 97.3 Å². The molecule has 0 heterocycles. The van der Waals surface area contributed by atoms with Crippen LogP contribution in [0.2, 0.25) is 0 Å². The molecular formula is C41H59N3O6S. The molecule has 4 rings (SSSR count). The first-order valence-electron chi connectivity index (χ1n) is 18.2. The molecule has 0 aromatic heterocycles. The summed E-state index contributed by atoms with van der Waals surface area (Å²) in [5.74, 6) is 1.50. The third-order valence-electron chi connectivity index (χ3n) is 7.78. The van der Waals surface area contributed by atoms with Crippen LogP contribution in [0.1, 0.15) is 75.8 Å². The number of carbonyl (C=O) groups excluding carboxylic acids is 3. The van der Waals surface area contributed by atoms with Crippen LogP contribution < -0.4 is 20.7 Å². The number of amides is 3. The molecule has 0 atom stereocenters. The molecule has 0 unspecified atom stereocenters. The maximum absolute atomic E-state index is 11.6. The molecule has 0 radical (unpaired) electrons. The molecule has 3 N–H and O–H groups in total. The zero-order chi connectivity index (χ0) is 36.6. The van der Waals surface area contributed by atoms with Crippen molar-refractivity contribution < 1.29 is 28.6 Å². The standard InChI is InChI=1S/C15H21NO2.C15H23NO2.C11H15NO2S/c17-15(12-18-14-9-5-2-6-10-14)16-11-13-7-3-1-4-8-13;1-2-3-4-8-11-18-13-15(17)16-12-14-9-6-5-7-10-14;1-15-8-7-12-11(13)9-14-10-5-3-2-4-6-10/h1,3-4,7-8,14H,2,5-6,9-12H2,(H,16,17);5-7,9-10H,2-4,8,11-13H2,1H3,(H,16,17);2-6H,7-9H2,1H3,(H,12,13). The largest absolute Gasteiger partial charge is 0.484 e. The van der Waals surface area contributed by atoms with Gasteiger partial charge in [0.05, 0.1) is 6.10 Å². The fourth-order valence-corrected chi connectivity index (χ4v) is 5.23. The lowest BCUT2D eigenvalue weighted by Gasteiger charge is -2.21. The zero-order valence-electron chi connectivity index (χ0n) is 30.6. The van der Waals surface area contributed by atoms with Gasteiger partial charge in [0.25, 0.3) is 5.91 Å². The van der Waals surface area contributed by atoms with Gasteiger partial charge in [-0.3, -0.25) is 14.4 Å². The van der Waals surface area contributed by atoms with E-state index in [4.69, 9.17) is 14.2 Å². The first kappa shape index (κ1) is 43.3. The molecule has 9 nitrogen and oxygen atoms in total. The van der Waals surface area contributed by atoms with Gasteiger partial charge in [-0.05, 0) is 48.8 Å². The molecule has 3 amide bonds. The van der Waals surface area contributed by atoms with Crippen molar-refractivity contribution in [1.29, 1.82) is 0 Å². The second-order valence-corrected chi connectivity index (χ2v) is 13.1. The third-order valence-corrected chi connectivity index (χ3v) is 8.40. The van der Waals surface area contributed by atoms with Crippen LogP contribution in [0, 0.1) is 0 Å². The van der Waals surface area contributed by atoms with Crippen molar-refractivity contribution in [3.05, 3.63) is 102 Å². The predicted molar refractivity (Wildman–Crippen MR) is 208 cm³/mol. The van der Waals surface area contributed by atoms with Crippen molar-refractivity contribution in [1.82, 2.24) is 16.0 Å². The van der Waals surface area contributed by atoms with E-state index in [2.05, 4.69) is 22.9 Å². The van der Waals surface area contributed by atoms with Crippen LogP contribution in [0.4, 0.5) is 0 Å². The fourth-order valence-electron chi connectivity index (χ4n) is 4.93. The van der Waals surface area contributed by atoms with Gasteiger partial charge in [0.2, 0.25) is 11.8 Å². The maximum Gasteiger partial charge on any atom is 0.257 e. The van der Waals surface area contributed by atoms with Crippen molar-refractivity contribution in [2.24, 2.45) is 0 Å². The van der Waals surface area contributed by atoms with Crippen LogP contribution in [0.5, 0.6) is 5.75 Å². The molecule has 1 aliphatic rings. The molecule has 1 aliphatic carbocycles. The monoisotopic (exact) mass is 721 g/mol. The van der Waals surface area contributed by atoms with E-state index in [0.717, 1.165) is 41.9 Å². The van der Waals surface area contributed by atoms with Crippen molar-refractivity contribution >= 4 is 29.5 Å². The minimum Gasteiger partial charge on any atom is -0.484 e. The molecule has 0 aliphatic heterocycles. The first-order valence-corrected chi connectivity index (χ1v) is 19.6. The molecule has 280 valence electrons. The van der Waals surface area contributed by atoms with Gasteiger partial charge < -0.3 is 30.2 Å². The number of thioether (sulfide) groups is 1. The fraction of sp³-hybridized carbons (Fsp3) is 0.488. The molecule has 1 fully saturated rings. The molecule has 0 spiro atoms. The lowest BCUT2D eigenvalue weighted by molar-refractivity contribution is -0.128. The van der Waals surface area contributed by atoms with Crippen LogP contribution in [0.15, 0.2) is 91.0 Å². The van der Waals surface area contributed by atoms with E-state index in [-0.39, 0.29) is 37.5 Å². The van der Waals surface area contributed by atoms with E-state index < -0.39 is 0 Å². The number of ether oxygens (including phenoxy) is 3. The Kier molecular flexibility index (Phi) is 25.3. The smallest absolute Gasteiger partial charge is 0.257 e. The molecule has 51 heavy (non-hydrogen) atoms. The minimum absolute atomic E-state index is 0.0237. The summed E-state index contributed by atoms with van der Waals surface area (Å²) in [5, 5.41) is 8.48. The summed E-state index contributed by atoms with van der Waals surface area (Å²) in [4.78, 5) is 34.3. The van der Waals surface area contributed by atoms with E-state index in [1.165, 1.54) is 38.5 Å². The highest BCUT2D eigenvalue weighted by molar-refractivity contribution is 7.98. The molecule has 0 bridgehead atoms. The highest BCUT2D eigenvalue weighted by Crippen LogP contribution is 2.20. The quantitative estimate of drug-likeness (QED) is 0.107. The Morgan fingerprint density at radius 3 is 1.78 bits per heavy atom. The van der Waals surface area contributed by atoms with E-state index >= 15 is 0 Å². The molecule has 1 saturated carbocycles. The molecule has 0 saturated heterocycles. The zero-order valence-corrected chi connectivity index (χ0v) is 31.4. The van der Waals surface area contributed by atoms with Crippen molar-refractivity contribution in [3.63, 3.8) is 0 Å². The van der Waals surface area contributed by atoms with Gasteiger partial charge in [-0.2, -0.15) is 11.8 Å². The maximum atomic E-state index is 11.6. The summed E-state index contributed by atoms with van der Waals surface area (Å²) in [7, 11) is 0. The Balaban J connectivity index is 0.000000267. The van der Waals surface area contributed by atoms with Crippen LogP contribution in [-0.4, -0.2) is 68.8 Å². The second-order valence-electron chi connectivity index (χ2n) is 12.2. The number of nitrogens with one attached hydrogen (secondary N) is 3. The van der Waals surface area contributed by atoms with Crippen molar-refractivity contribution in [2.75, 3.05) is 45.0 Å². The number of rotatable bonds is 20. The second kappa shape index (κ2) is 29.8. The van der Waals surface area contributed by atoms with Gasteiger partial charge in [-0.25, -0.2) is 0 Å². The number of hydrogen-bond donors (Lipinski definition) is 3. The summed E-state index contributed by atoms with van der Waals surface area (Å²) < 4.78 is 16.2. The highest BCUT2D eigenvalue weighted by Gasteiger charge is 2.15. The Morgan fingerprint density at radius 1 is 0.667 bits per heavy atom. The highest BCUT2D eigenvalue weighted by atomic mass is 32.2. The van der Waals surface area contributed by atoms with E-state index in [1.54, 1.807) is 11.8 Å². The average molecular weight is 722 g/mol. The summed E-state index contributed by atoms with van der Waals surface area (Å²) in [5.41, 5.74) is 2.22. The molecular weight excluding hydrogens is 663 g/mol. The van der Waals surface area contributed by atoms with Gasteiger partial charge >= 0.3 is 0 Å². The Morgan fingerprint density at radius 2 is 1.22 bits per heavy atom. The predicted octanol–water partition coefficient (Wildman–Crippen LogP) is 7.10. The molecule has 10 heteroatoms. The lowest BCUT2D eigenvalue weighted by atomic mass is 9.98. The molecule has 3 aromatic rings. The minimum atomic E-state index is -0.0760. The van der Waals surface area contributed by atoms with Crippen LogP contribution in [0.25, 0.3) is 0 Å². The average Bonchev–Trinajstić information content (AvgIpc) is 3.18. The summed E-state index contributed by atoms with van der Waals surface area (Å²) >= 11 is 1.70. The summed E-state index contributed by atoms with van der Waals surface area (Å²) in [6.07, 6.45) is 13.0. The SMILES string of the molecule is CCCCCCOCC(=O)NCc1ccccc1.CSCCNC(=O)COc1ccccc1.O=C(COC1CCCCC1)NCc1ccccc1. The topological polar surface area (TPSA) is 115 Å². The van der Waals surface area contributed by atoms with Crippen LogP contribution >= 0.6 is 11.8 Å². The van der Waals surface area contributed by atoms with Gasteiger partial charge in [0, 0.05) is 32.0 Å². The third kappa shape index (κ3) is 24.0. The first-order chi connectivity index (χ1) is 25.0. The number of unbranched alkanes of at least 4 members (excludes halogenated alkanes) is 3. The number of benzene rings is 3. The van der Waals surface area contributed by atoms with Gasteiger partial charge in [-0.1, -0.05) is 124 Å². The number of hydrogen-bond acceptors (Lipinski definition) is 7. The Labute approximate surface area is 310 Å². The van der Waals surface area contributed by atoms with Gasteiger partial charge in [-0.15, -0.1) is 0 Å². The van der Waals surface area contributed by atoms with Crippen LogP contribution in [-0.2, 0) is 36.9 Å². The van der Waals surface area contributed by atoms with Gasteiger partial charge in [0.1, 0.15) is 19.0 Å². The number of para-hydroxylation sites is 1. The number of carbonyl (C=O) groups is 3. The van der Waals surface area contributed by atoms with Gasteiger partial charge in [0.15, 0.2) is 6.61 Å². The lowest BCUT2D eigenvalue weighted by Crippen LogP contribution is -2.30. The molecule has 3 aromatic carbocycles. The van der Waals surface area contributed by atoms with E-state index in [9.17, 15) is 14.4 Å².